The highest BCUT2D eigenvalue weighted by Gasteiger charge is 2.20. The molecule has 2 rings (SSSR count). The minimum atomic E-state index is 0.551. The maximum Gasteiger partial charge on any atom is 0.0765 e. The molecule has 1 fully saturated rings. The molecule has 0 bridgehead atoms. The zero-order chi connectivity index (χ0) is 14.4. The largest absolute Gasteiger partial charge is 0.315 e. The molecule has 4 nitrogen and oxygen atoms in total. The molecule has 4 heteroatoms. The van der Waals surface area contributed by atoms with Gasteiger partial charge in [-0.15, -0.1) is 0 Å². The van der Waals surface area contributed by atoms with Gasteiger partial charge in [-0.25, -0.2) is 0 Å². The van der Waals surface area contributed by atoms with Crippen molar-refractivity contribution in [1.29, 1.82) is 0 Å². The van der Waals surface area contributed by atoms with E-state index in [1.54, 1.807) is 0 Å². The molecular weight excluding hydrogens is 248 g/mol. The third-order valence-corrected chi connectivity index (χ3v) is 4.54. The van der Waals surface area contributed by atoms with Crippen LogP contribution in [-0.2, 0) is 6.54 Å². The van der Waals surface area contributed by atoms with Crippen LogP contribution in [0.3, 0.4) is 0 Å². The Kier molecular flexibility index (Phi) is 6.05. The van der Waals surface area contributed by atoms with Gasteiger partial charge in [-0.05, 0) is 44.8 Å². The predicted octanol–water partition coefficient (Wildman–Crippen LogP) is 2.82. The van der Waals surface area contributed by atoms with Crippen molar-refractivity contribution in [1.82, 2.24) is 20.0 Å². The smallest absolute Gasteiger partial charge is 0.0765 e. The van der Waals surface area contributed by atoms with E-state index >= 15 is 0 Å². The van der Waals surface area contributed by atoms with Crippen LogP contribution in [0.15, 0.2) is 12.3 Å². The van der Waals surface area contributed by atoms with Crippen LogP contribution in [-0.4, -0.2) is 40.4 Å². The molecule has 1 atom stereocenters. The van der Waals surface area contributed by atoms with Gasteiger partial charge in [-0.3, -0.25) is 9.58 Å². The van der Waals surface area contributed by atoms with Gasteiger partial charge in [-0.2, -0.15) is 5.10 Å². The minimum absolute atomic E-state index is 0.551. The Bertz CT molecular complexity index is 378. The molecule has 0 saturated carbocycles. The van der Waals surface area contributed by atoms with Crippen LogP contribution in [0.2, 0.25) is 0 Å². The molecule has 1 aromatic heterocycles. The first-order valence-electron chi connectivity index (χ1n) is 8.27. The SMILES string of the molecule is CCC(CC)n1ccc(CN(CC)C2CCCNC2)n1. The molecule has 1 aliphatic rings. The summed E-state index contributed by atoms with van der Waals surface area (Å²) in [7, 11) is 0. The average Bonchev–Trinajstić information content (AvgIpc) is 2.95. The van der Waals surface area contributed by atoms with Crippen LogP contribution < -0.4 is 5.32 Å². The van der Waals surface area contributed by atoms with E-state index in [0.29, 0.717) is 12.1 Å². The summed E-state index contributed by atoms with van der Waals surface area (Å²) in [6.07, 6.45) is 7.07. The van der Waals surface area contributed by atoms with Gasteiger partial charge in [0.25, 0.3) is 0 Å². The number of aromatic nitrogens is 2. The quantitative estimate of drug-likeness (QED) is 0.832. The highest BCUT2D eigenvalue weighted by atomic mass is 15.3. The number of likely N-dealkylation sites (N-methyl/N-ethyl adjacent to an activating group) is 1. The second-order valence-electron chi connectivity index (χ2n) is 5.82. The number of piperidine rings is 1. The Balaban J connectivity index is 1.96. The monoisotopic (exact) mass is 278 g/mol. The zero-order valence-corrected chi connectivity index (χ0v) is 13.3. The Morgan fingerprint density at radius 1 is 1.40 bits per heavy atom. The number of hydrogen-bond donors (Lipinski definition) is 1. The maximum absolute atomic E-state index is 4.79. The van der Waals surface area contributed by atoms with E-state index in [4.69, 9.17) is 5.10 Å². The molecule has 1 unspecified atom stereocenters. The lowest BCUT2D eigenvalue weighted by Gasteiger charge is -2.33. The summed E-state index contributed by atoms with van der Waals surface area (Å²) >= 11 is 0. The molecule has 2 heterocycles. The fourth-order valence-electron chi connectivity index (χ4n) is 3.18. The minimum Gasteiger partial charge on any atom is -0.315 e. The van der Waals surface area contributed by atoms with E-state index in [-0.39, 0.29) is 0 Å². The van der Waals surface area contributed by atoms with Crippen molar-refractivity contribution < 1.29 is 0 Å². The fraction of sp³-hybridized carbons (Fsp3) is 0.812. The topological polar surface area (TPSA) is 33.1 Å². The molecule has 1 aromatic rings. The van der Waals surface area contributed by atoms with Crippen molar-refractivity contribution in [2.45, 2.75) is 65.1 Å². The van der Waals surface area contributed by atoms with Crippen LogP contribution >= 0.6 is 0 Å². The van der Waals surface area contributed by atoms with E-state index in [9.17, 15) is 0 Å². The van der Waals surface area contributed by atoms with Crippen molar-refractivity contribution in [2.75, 3.05) is 19.6 Å². The molecule has 114 valence electrons. The Labute approximate surface area is 123 Å². The molecule has 20 heavy (non-hydrogen) atoms. The second-order valence-corrected chi connectivity index (χ2v) is 5.82. The molecule has 0 spiro atoms. The summed E-state index contributed by atoms with van der Waals surface area (Å²) in [5, 5.41) is 8.30. The van der Waals surface area contributed by atoms with Crippen molar-refractivity contribution >= 4 is 0 Å². The Hall–Kier alpha value is -0.870. The summed E-state index contributed by atoms with van der Waals surface area (Å²) in [6, 6.07) is 3.42. The first-order valence-corrected chi connectivity index (χ1v) is 8.27. The van der Waals surface area contributed by atoms with Gasteiger partial charge in [0.2, 0.25) is 0 Å². The Morgan fingerprint density at radius 2 is 2.20 bits per heavy atom. The number of rotatable bonds is 7. The fourth-order valence-corrected chi connectivity index (χ4v) is 3.18. The molecule has 0 aromatic carbocycles. The van der Waals surface area contributed by atoms with Crippen molar-refractivity contribution in [3.05, 3.63) is 18.0 Å². The van der Waals surface area contributed by atoms with Gasteiger partial charge in [0, 0.05) is 25.3 Å². The van der Waals surface area contributed by atoms with E-state index in [0.717, 1.165) is 32.5 Å². The molecule has 1 saturated heterocycles. The summed E-state index contributed by atoms with van der Waals surface area (Å²) in [5.74, 6) is 0. The van der Waals surface area contributed by atoms with Gasteiger partial charge < -0.3 is 5.32 Å². The number of nitrogens with one attached hydrogen (secondary N) is 1. The van der Waals surface area contributed by atoms with Crippen LogP contribution in [0, 0.1) is 0 Å². The van der Waals surface area contributed by atoms with Crippen molar-refractivity contribution in [2.24, 2.45) is 0 Å². The van der Waals surface area contributed by atoms with Crippen LogP contribution in [0.4, 0.5) is 0 Å². The second kappa shape index (κ2) is 7.79. The standard InChI is InChI=1S/C16H30N4/c1-4-15(5-2)20-11-9-14(18-20)13-19(6-3)16-8-7-10-17-12-16/h9,11,15-17H,4-8,10,12-13H2,1-3H3. The molecule has 0 radical (unpaired) electrons. The van der Waals surface area contributed by atoms with Gasteiger partial charge in [0.15, 0.2) is 0 Å². The van der Waals surface area contributed by atoms with Crippen LogP contribution in [0.1, 0.15) is 58.2 Å². The lowest BCUT2D eigenvalue weighted by molar-refractivity contribution is 0.163. The first-order chi connectivity index (χ1) is 9.78. The average molecular weight is 278 g/mol. The highest BCUT2D eigenvalue weighted by Crippen LogP contribution is 2.17. The van der Waals surface area contributed by atoms with Gasteiger partial charge in [-0.1, -0.05) is 20.8 Å². The number of nitrogens with zero attached hydrogens (tertiary/aromatic N) is 3. The number of hydrogen-bond acceptors (Lipinski definition) is 3. The van der Waals surface area contributed by atoms with E-state index in [1.165, 1.54) is 25.1 Å². The van der Waals surface area contributed by atoms with Crippen molar-refractivity contribution in [3.63, 3.8) is 0 Å². The van der Waals surface area contributed by atoms with Gasteiger partial charge in [0.05, 0.1) is 11.7 Å². The summed E-state index contributed by atoms with van der Waals surface area (Å²) < 4.78 is 2.16. The van der Waals surface area contributed by atoms with E-state index in [1.807, 2.05) is 0 Å². The maximum atomic E-state index is 4.79. The summed E-state index contributed by atoms with van der Waals surface area (Å²) in [4.78, 5) is 2.56. The first kappa shape index (κ1) is 15.5. The Morgan fingerprint density at radius 3 is 2.80 bits per heavy atom. The van der Waals surface area contributed by atoms with E-state index in [2.05, 4.69) is 47.9 Å². The summed E-state index contributed by atoms with van der Waals surface area (Å²) in [5.41, 5.74) is 1.21. The molecule has 1 aliphatic heterocycles. The van der Waals surface area contributed by atoms with Gasteiger partial charge >= 0.3 is 0 Å². The molecular formula is C16H30N4. The van der Waals surface area contributed by atoms with E-state index < -0.39 is 0 Å². The third-order valence-electron chi connectivity index (χ3n) is 4.54. The predicted molar refractivity (Wildman–Crippen MR) is 83.8 cm³/mol. The van der Waals surface area contributed by atoms with Crippen LogP contribution in [0.5, 0.6) is 0 Å². The van der Waals surface area contributed by atoms with Crippen molar-refractivity contribution in [3.8, 4) is 0 Å². The summed E-state index contributed by atoms with van der Waals surface area (Å²) in [6.45, 7) is 11.1. The highest BCUT2D eigenvalue weighted by molar-refractivity contribution is 5.00. The third kappa shape index (κ3) is 3.83. The normalized spacial score (nSPS) is 19.9. The lowest BCUT2D eigenvalue weighted by Crippen LogP contribution is -2.45. The molecule has 0 aliphatic carbocycles. The molecule has 0 amide bonds. The van der Waals surface area contributed by atoms with Gasteiger partial charge in [0.1, 0.15) is 0 Å². The van der Waals surface area contributed by atoms with Crippen LogP contribution in [0.25, 0.3) is 0 Å². The molecule has 1 N–H and O–H groups in total. The lowest BCUT2D eigenvalue weighted by atomic mass is 10.1. The zero-order valence-electron chi connectivity index (χ0n) is 13.3.